The van der Waals surface area contributed by atoms with Crippen LogP contribution in [0.3, 0.4) is 0 Å². The lowest BCUT2D eigenvalue weighted by Crippen LogP contribution is -2.48. The van der Waals surface area contributed by atoms with Crippen molar-refractivity contribution < 1.29 is 17.9 Å². The first kappa shape index (κ1) is 23.0. The fourth-order valence-corrected chi connectivity index (χ4v) is 5.82. The van der Waals surface area contributed by atoms with Crippen molar-refractivity contribution in [3.63, 3.8) is 0 Å². The highest BCUT2D eigenvalue weighted by molar-refractivity contribution is 7.88. The topological polar surface area (TPSA) is 80.8 Å². The van der Waals surface area contributed by atoms with Crippen LogP contribution >= 0.6 is 0 Å². The number of methoxy groups -OCH3 is 1. The van der Waals surface area contributed by atoms with Crippen LogP contribution in [-0.2, 0) is 14.8 Å². The maximum atomic E-state index is 12.0. The molecule has 32 heavy (non-hydrogen) atoms. The molecule has 2 atom stereocenters. The molecule has 1 aromatic carbocycles. The normalized spacial score (nSPS) is 26.2. The molecule has 1 aromatic heterocycles. The Balaban J connectivity index is 1.41. The van der Waals surface area contributed by atoms with Crippen LogP contribution in [-0.4, -0.2) is 58.1 Å². The van der Waals surface area contributed by atoms with Gasteiger partial charge in [-0.25, -0.2) is 13.1 Å². The smallest absolute Gasteiger partial charge is 0.209 e. The van der Waals surface area contributed by atoms with E-state index in [4.69, 9.17) is 9.47 Å². The van der Waals surface area contributed by atoms with Gasteiger partial charge >= 0.3 is 0 Å². The Hall–Kier alpha value is -2.16. The fourth-order valence-electron chi connectivity index (χ4n) is 4.99. The van der Waals surface area contributed by atoms with Crippen LogP contribution < -0.4 is 14.4 Å². The second-order valence-electron chi connectivity index (χ2n) is 8.85. The number of ether oxygens (including phenoxy) is 2. The van der Waals surface area contributed by atoms with E-state index in [9.17, 15) is 8.42 Å². The van der Waals surface area contributed by atoms with Crippen molar-refractivity contribution in [3.8, 4) is 5.75 Å². The second-order valence-corrected chi connectivity index (χ2v) is 10.6. The number of hydrogen-bond acceptors (Lipinski definition) is 6. The van der Waals surface area contributed by atoms with E-state index in [1.807, 2.05) is 6.07 Å². The molecule has 1 aliphatic carbocycles. The fraction of sp³-hybridized carbons (Fsp3) is 0.542. The highest BCUT2D eigenvalue weighted by Gasteiger charge is 2.37. The molecule has 4 rings (SSSR count). The largest absolute Gasteiger partial charge is 0.495 e. The summed E-state index contributed by atoms with van der Waals surface area (Å²) in [6.45, 7) is 1.21. The Bertz CT molecular complexity index is 978. The molecule has 1 saturated heterocycles. The van der Waals surface area contributed by atoms with Gasteiger partial charge in [0.2, 0.25) is 10.0 Å². The molecule has 2 aliphatic rings. The van der Waals surface area contributed by atoms with E-state index in [2.05, 4.69) is 44.9 Å². The van der Waals surface area contributed by atoms with E-state index in [1.165, 1.54) is 11.8 Å². The van der Waals surface area contributed by atoms with Crippen molar-refractivity contribution in [2.45, 2.75) is 56.2 Å². The average molecular weight is 460 g/mol. The Morgan fingerprint density at radius 1 is 1.09 bits per heavy atom. The quantitative estimate of drug-likeness (QED) is 0.652. The molecule has 0 bridgehead atoms. The molecule has 2 aromatic rings. The van der Waals surface area contributed by atoms with Gasteiger partial charge in [0.15, 0.2) is 0 Å². The number of anilines is 1. The Morgan fingerprint density at radius 3 is 2.53 bits per heavy atom. The number of nitrogens with zero attached hydrogens (tertiary/aromatic N) is 2. The number of sulfonamides is 1. The third kappa shape index (κ3) is 5.79. The lowest BCUT2D eigenvalue weighted by Gasteiger charge is -2.33. The van der Waals surface area contributed by atoms with E-state index < -0.39 is 10.0 Å². The molecular weight excluding hydrogens is 426 g/mol. The monoisotopic (exact) mass is 459 g/mol. The third-order valence-corrected chi connectivity index (χ3v) is 7.36. The molecule has 2 fully saturated rings. The molecule has 0 unspecified atom stereocenters. The molecule has 1 saturated carbocycles. The maximum Gasteiger partial charge on any atom is 0.209 e. The predicted octanol–water partition coefficient (Wildman–Crippen LogP) is 3.33. The van der Waals surface area contributed by atoms with Crippen LogP contribution in [0, 0.1) is 0 Å². The molecule has 2 heterocycles. The van der Waals surface area contributed by atoms with Crippen LogP contribution in [0.5, 0.6) is 5.75 Å². The molecule has 8 heteroatoms. The Labute approximate surface area is 191 Å². The van der Waals surface area contributed by atoms with Gasteiger partial charge in [-0.3, -0.25) is 4.98 Å². The van der Waals surface area contributed by atoms with Gasteiger partial charge in [0, 0.05) is 18.7 Å². The molecule has 0 radical (unpaired) electrons. The van der Waals surface area contributed by atoms with Gasteiger partial charge in [0.1, 0.15) is 5.75 Å². The standard InChI is InChI=1S/C24H33N3O4S/c1-30-22-14-20(15-25-16-22)27-13-12-23(26-32(2,28)29)24(27)17-31-21-10-8-19(9-11-21)18-6-4-3-5-7-18/h3-7,14-16,19,21,23-24,26H,8-13,17H2,1-2H3/t19-,21+,23-,24-/m0/s1. The van der Waals surface area contributed by atoms with E-state index >= 15 is 0 Å². The van der Waals surface area contributed by atoms with Crippen LogP contribution in [0.15, 0.2) is 48.8 Å². The number of aromatic nitrogens is 1. The summed E-state index contributed by atoms with van der Waals surface area (Å²) in [5.74, 6) is 1.28. The van der Waals surface area contributed by atoms with Gasteiger partial charge < -0.3 is 14.4 Å². The molecule has 7 nitrogen and oxygen atoms in total. The van der Waals surface area contributed by atoms with E-state index in [-0.39, 0.29) is 18.2 Å². The number of benzene rings is 1. The molecule has 0 spiro atoms. The minimum Gasteiger partial charge on any atom is -0.495 e. The van der Waals surface area contributed by atoms with E-state index in [0.29, 0.717) is 18.3 Å². The van der Waals surface area contributed by atoms with Gasteiger partial charge in [0.25, 0.3) is 0 Å². The predicted molar refractivity (Wildman–Crippen MR) is 126 cm³/mol. The van der Waals surface area contributed by atoms with Crippen LogP contribution in [0.25, 0.3) is 0 Å². The number of hydrogen-bond donors (Lipinski definition) is 1. The lowest BCUT2D eigenvalue weighted by molar-refractivity contribution is 0.0157. The summed E-state index contributed by atoms with van der Waals surface area (Å²) in [6, 6.07) is 12.3. The zero-order valence-electron chi connectivity index (χ0n) is 18.8. The number of pyridine rings is 1. The first-order valence-corrected chi connectivity index (χ1v) is 13.2. The molecule has 0 amide bonds. The van der Waals surface area contributed by atoms with E-state index in [1.54, 1.807) is 19.5 Å². The van der Waals surface area contributed by atoms with Gasteiger partial charge in [0.05, 0.1) is 50.2 Å². The molecule has 1 N–H and O–H groups in total. The lowest BCUT2D eigenvalue weighted by atomic mass is 9.83. The first-order chi connectivity index (χ1) is 15.4. The van der Waals surface area contributed by atoms with Gasteiger partial charge in [-0.1, -0.05) is 30.3 Å². The van der Waals surface area contributed by atoms with Crippen LogP contribution in [0.2, 0.25) is 0 Å². The molecule has 174 valence electrons. The van der Waals surface area contributed by atoms with Gasteiger partial charge in [-0.15, -0.1) is 0 Å². The molecule has 1 aliphatic heterocycles. The van der Waals surface area contributed by atoms with Crippen molar-refractivity contribution in [2.75, 3.05) is 31.4 Å². The molecular formula is C24H33N3O4S. The summed E-state index contributed by atoms with van der Waals surface area (Å²) >= 11 is 0. The second kappa shape index (κ2) is 10.2. The summed E-state index contributed by atoms with van der Waals surface area (Å²) in [5, 5.41) is 0. The summed E-state index contributed by atoms with van der Waals surface area (Å²) in [5.41, 5.74) is 2.33. The SMILES string of the molecule is COc1cncc(N2CC[C@H](NS(C)(=O)=O)[C@@H]2CO[C@H]2CC[C@@H](c3ccccc3)CC2)c1. The minimum atomic E-state index is -3.31. The van der Waals surface area contributed by atoms with E-state index in [0.717, 1.165) is 44.3 Å². The van der Waals surface area contributed by atoms with Crippen molar-refractivity contribution in [1.82, 2.24) is 9.71 Å². The van der Waals surface area contributed by atoms with Crippen molar-refractivity contribution in [2.24, 2.45) is 0 Å². The Morgan fingerprint density at radius 2 is 1.84 bits per heavy atom. The number of nitrogens with one attached hydrogen (secondary N) is 1. The van der Waals surface area contributed by atoms with Gasteiger partial charge in [-0.2, -0.15) is 0 Å². The van der Waals surface area contributed by atoms with Crippen LogP contribution in [0.1, 0.15) is 43.6 Å². The Kier molecular flexibility index (Phi) is 7.33. The van der Waals surface area contributed by atoms with Crippen molar-refractivity contribution in [3.05, 3.63) is 54.4 Å². The summed E-state index contributed by atoms with van der Waals surface area (Å²) in [4.78, 5) is 6.46. The summed E-state index contributed by atoms with van der Waals surface area (Å²) < 4.78 is 38.4. The highest BCUT2D eigenvalue weighted by Crippen LogP contribution is 2.35. The summed E-state index contributed by atoms with van der Waals surface area (Å²) in [7, 11) is -1.70. The number of rotatable bonds is 8. The first-order valence-electron chi connectivity index (χ1n) is 11.3. The zero-order valence-corrected chi connectivity index (χ0v) is 19.6. The zero-order chi connectivity index (χ0) is 22.6. The minimum absolute atomic E-state index is 0.0922. The average Bonchev–Trinajstić information content (AvgIpc) is 3.19. The van der Waals surface area contributed by atoms with Crippen LogP contribution in [0.4, 0.5) is 5.69 Å². The van der Waals surface area contributed by atoms with Crippen molar-refractivity contribution in [1.29, 1.82) is 0 Å². The highest BCUT2D eigenvalue weighted by atomic mass is 32.2. The van der Waals surface area contributed by atoms with Gasteiger partial charge in [-0.05, 0) is 43.6 Å². The third-order valence-electron chi connectivity index (χ3n) is 6.63. The maximum absolute atomic E-state index is 12.0. The summed E-state index contributed by atoms with van der Waals surface area (Å²) in [6.07, 6.45) is 9.90. The van der Waals surface area contributed by atoms with Crippen molar-refractivity contribution >= 4 is 15.7 Å².